The molecule has 3 aromatic carbocycles. The SMILES string of the molecule is CN(C(=O)c1cccc(NC(=O)COc2ccc(Cl)cc2)c1)c1ccccc1. The molecule has 2 amide bonds. The normalized spacial score (nSPS) is 10.2. The van der Waals surface area contributed by atoms with Crippen molar-refractivity contribution in [1.82, 2.24) is 0 Å². The highest BCUT2D eigenvalue weighted by molar-refractivity contribution is 6.30. The Morgan fingerprint density at radius 3 is 2.39 bits per heavy atom. The van der Waals surface area contributed by atoms with E-state index in [2.05, 4.69) is 5.32 Å². The number of carbonyl (C=O) groups excluding carboxylic acids is 2. The number of amides is 2. The van der Waals surface area contributed by atoms with Gasteiger partial charge in [-0.1, -0.05) is 35.9 Å². The van der Waals surface area contributed by atoms with Gasteiger partial charge in [-0.3, -0.25) is 9.59 Å². The van der Waals surface area contributed by atoms with Crippen LogP contribution in [0.1, 0.15) is 10.4 Å². The number of benzene rings is 3. The Bertz CT molecular complexity index is 959. The third kappa shape index (κ3) is 5.11. The zero-order valence-corrected chi connectivity index (χ0v) is 16.0. The second kappa shape index (κ2) is 9.06. The first kappa shape index (κ1) is 19.5. The second-order valence-corrected chi connectivity index (χ2v) is 6.51. The predicted molar refractivity (Wildman–Crippen MR) is 111 cm³/mol. The predicted octanol–water partition coefficient (Wildman–Crippen LogP) is 4.63. The Morgan fingerprint density at radius 1 is 0.964 bits per heavy atom. The Kier molecular flexibility index (Phi) is 6.29. The van der Waals surface area contributed by atoms with E-state index < -0.39 is 0 Å². The van der Waals surface area contributed by atoms with Gasteiger partial charge in [-0.05, 0) is 54.6 Å². The highest BCUT2D eigenvalue weighted by Crippen LogP contribution is 2.18. The van der Waals surface area contributed by atoms with Crippen LogP contribution in [0.5, 0.6) is 5.75 Å². The number of hydrogen-bond acceptors (Lipinski definition) is 3. The van der Waals surface area contributed by atoms with Crippen molar-refractivity contribution in [2.24, 2.45) is 0 Å². The molecule has 0 atom stereocenters. The van der Waals surface area contributed by atoms with Crippen LogP contribution in [0.15, 0.2) is 78.9 Å². The van der Waals surface area contributed by atoms with Gasteiger partial charge >= 0.3 is 0 Å². The minimum Gasteiger partial charge on any atom is -0.484 e. The van der Waals surface area contributed by atoms with Gasteiger partial charge in [0.15, 0.2) is 6.61 Å². The number of anilines is 2. The number of hydrogen-bond donors (Lipinski definition) is 1. The third-order valence-electron chi connectivity index (χ3n) is 4.02. The number of nitrogens with zero attached hydrogens (tertiary/aromatic N) is 1. The van der Waals surface area contributed by atoms with Crippen LogP contribution in [0, 0.1) is 0 Å². The molecular formula is C22H19ClN2O3. The van der Waals surface area contributed by atoms with Crippen LogP contribution in [0.25, 0.3) is 0 Å². The number of rotatable bonds is 6. The van der Waals surface area contributed by atoms with E-state index in [1.807, 2.05) is 30.3 Å². The molecule has 0 saturated heterocycles. The summed E-state index contributed by atoms with van der Waals surface area (Å²) < 4.78 is 5.42. The van der Waals surface area contributed by atoms with E-state index in [0.29, 0.717) is 22.0 Å². The summed E-state index contributed by atoms with van der Waals surface area (Å²) in [4.78, 5) is 26.4. The standard InChI is InChI=1S/C22H19ClN2O3/c1-25(19-8-3-2-4-9-19)22(27)16-6-5-7-18(14-16)24-21(26)15-28-20-12-10-17(23)11-13-20/h2-14H,15H2,1H3,(H,24,26). The molecule has 0 radical (unpaired) electrons. The molecule has 5 nitrogen and oxygen atoms in total. The highest BCUT2D eigenvalue weighted by Gasteiger charge is 2.14. The summed E-state index contributed by atoms with van der Waals surface area (Å²) in [5.74, 6) is 0.0589. The van der Waals surface area contributed by atoms with Gasteiger partial charge < -0.3 is 15.0 Å². The van der Waals surface area contributed by atoms with Gasteiger partial charge in [0.2, 0.25) is 0 Å². The number of halogens is 1. The van der Waals surface area contributed by atoms with Crippen molar-refractivity contribution < 1.29 is 14.3 Å². The molecule has 28 heavy (non-hydrogen) atoms. The summed E-state index contributed by atoms with van der Waals surface area (Å²) in [6, 6.07) is 22.9. The van der Waals surface area contributed by atoms with Crippen molar-refractivity contribution in [2.75, 3.05) is 23.9 Å². The molecular weight excluding hydrogens is 376 g/mol. The van der Waals surface area contributed by atoms with Gasteiger partial charge in [0.05, 0.1) is 0 Å². The molecule has 0 spiro atoms. The second-order valence-electron chi connectivity index (χ2n) is 6.07. The van der Waals surface area contributed by atoms with Gasteiger partial charge in [0.25, 0.3) is 11.8 Å². The maximum Gasteiger partial charge on any atom is 0.262 e. The fourth-order valence-electron chi connectivity index (χ4n) is 2.57. The Hall–Kier alpha value is -3.31. The molecule has 0 aliphatic carbocycles. The third-order valence-corrected chi connectivity index (χ3v) is 4.28. The molecule has 3 rings (SSSR count). The van der Waals surface area contributed by atoms with E-state index in [1.165, 1.54) is 0 Å². The van der Waals surface area contributed by atoms with E-state index in [4.69, 9.17) is 16.3 Å². The monoisotopic (exact) mass is 394 g/mol. The number of ether oxygens (including phenoxy) is 1. The number of carbonyl (C=O) groups is 2. The highest BCUT2D eigenvalue weighted by atomic mass is 35.5. The first-order valence-corrected chi connectivity index (χ1v) is 9.02. The average Bonchev–Trinajstić information content (AvgIpc) is 2.73. The molecule has 6 heteroatoms. The van der Waals surface area contributed by atoms with Crippen LogP contribution in [0.3, 0.4) is 0 Å². The Labute approximate surface area is 168 Å². The van der Waals surface area contributed by atoms with Crippen LogP contribution < -0.4 is 15.0 Å². The summed E-state index contributed by atoms with van der Waals surface area (Å²) in [6.45, 7) is -0.149. The summed E-state index contributed by atoms with van der Waals surface area (Å²) in [5, 5.41) is 3.33. The molecule has 0 bridgehead atoms. The van der Waals surface area contributed by atoms with Crippen LogP contribution >= 0.6 is 11.6 Å². The molecule has 0 aliphatic heterocycles. The van der Waals surface area contributed by atoms with Gasteiger partial charge in [-0.25, -0.2) is 0 Å². The largest absolute Gasteiger partial charge is 0.484 e. The molecule has 0 heterocycles. The van der Waals surface area contributed by atoms with Crippen LogP contribution in [-0.2, 0) is 4.79 Å². The average molecular weight is 395 g/mol. The van der Waals surface area contributed by atoms with Crippen LogP contribution in [0.2, 0.25) is 5.02 Å². The molecule has 1 N–H and O–H groups in total. The minimum absolute atomic E-state index is 0.149. The lowest BCUT2D eigenvalue weighted by atomic mass is 10.1. The van der Waals surface area contributed by atoms with Gasteiger partial charge in [0.1, 0.15) is 5.75 Å². The van der Waals surface area contributed by atoms with E-state index >= 15 is 0 Å². The zero-order valence-electron chi connectivity index (χ0n) is 15.3. The first-order valence-electron chi connectivity index (χ1n) is 8.64. The molecule has 0 aromatic heterocycles. The lowest BCUT2D eigenvalue weighted by Gasteiger charge is -2.17. The topological polar surface area (TPSA) is 58.6 Å². The maximum atomic E-state index is 12.7. The number of para-hydroxylation sites is 1. The van der Waals surface area contributed by atoms with E-state index in [0.717, 1.165) is 5.69 Å². The van der Waals surface area contributed by atoms with Gasteiger partial charge in [0, 0.05) is 29.0 Å². The van der Waals surface area contributed by atoms with Crippen molar-refractivity contribution in [3.05, 3.63) is 89.4 Å². The van der Waals surface area contributed by atoms with Crippen LogP contribution in [0.4, 0.5) is 11.4 Å². The molecule has 3 aromatic rings. The summed E-state index contributed by atoms with van der Waals surface area (Å²) in [5.41, 5.74) is 1.79. The van der Waals surface area contributed by atoms with Crippen LogP contribution in [-0.4, -0.2) is 25.5 Å². The van der Waals surface area contributed by atoms with Crippen molar-refractivity contribution >= 4 is 34.8 Å². The lowest BCUT2D eigenvalue weighted by Crippen LogP contribution is -2.26. The van der Waals surface area contributed by atoms with Gasteiger partial charge in [-0.15, -0.1) is 0 Å². The molecule has 0 saturated carbocycles. The van der Waals surface area contributed by atoms with Crippen molar-refractivity contribution in [3.8, 4) is 5.75 Å². The smallest absolute Gasteiger partial charge is 0.262 e. The molecule has 142 valence electrons. The lowest BCUT2D eigenvalue weighted by molar-refractivity contribution is -0.118. The molecule has 0 fully saturated rings. The molecule has 0 unspecified atom stereocenters. The summed E-state index contributed by atoms with van der Waals surface area (Å²) in [6.07, 6.45) is 0. The van der Waals surface area contributed by atoms with Crippen molar-refractivity contribution in [1.29, 1.82) is 0 Å². The van der Waals surface area contributed by atoms with E-state index in [9.17, 15) is 9.59 Å². The Morgan fingerprint density at radius 2 is 1.68 bits per heavy atom. The zero-order chi connectivity index (χ0) is 19.9. The molecule has 0 aliphatic rings. The Balaban J connectivity index is 1.61. The van der Waals surface area contributed by atoms with E-state index in [1.54, 1.807) is 60.5 Å². The van der Waals surface area contributed by atoms with Crippen molar-refractivity contribution in [3.63, 3.8) is 0 Å². The summed E-state index contributed by atoms with van der Waals surface area (Å²) in [7, 11) is 1.71. The van der Waals surface area contributed by atoms with Crippen molar-refractivity contribution in [2.45, 2.75) is 0 Å². The number of nitrogens with one attached hydrogen (secondary N) is 1. The quantitative estimate of drug-likeness (QED) is 0.662. The minimum atomic E-state index is -0.323. The fourth-order valence-corrected chi connectivity index (χ4v) is 2.70. The maximum absolute atomic E-state index is 12.7. The van der Waals surface area contributed by atoms with E-state index in [-0.39, 0.29) is 18.4 Å². The first-order chi connectivity index (χ1) is 13.5. The fraction of sp³-hybridized carbons (Fsp3) is 0.0909. The summed E-state index contributed by atoms with van der Waals surface area (Å²) >= 11 is 5.82. The van der Waals surface area contributed by atoms with Gasteiger partial charge in [-0.2, -0.15) is 0 Å².